The van der Waals surface area contributed by atoms with Crippen molar-refractivity contribution in [1.29, 1.82) is 0 Å². The van der Waals surface area contributed by atoms with Crippen molar-refractivity contribution in [2.24, 2.45) is 0 Å². The van der Waals surface area contributed by atoms with Gasteiger partial charge in [-0.2, -0.15) is 0 Å². The Labute approximate surface area is 141 Å². The molecule has 4 rings (SSSR count). The number of rotatable bonds is 1. The number of amides is 3. The Balaban J connectivity index is 1.54. The SMILES string of the molecule is Cc1ccc(C(=O)N2CCN3C(=O)[C@@H]4CCCN4C(=O)[C@H]3C2)cc1. The summed E-state index contributed by atoms with van der Waals surface area (Å²) in [7, 11) is 0. The van der Waals surface area contributed by atoms with Gasteiger partial charge in [0.25, 0.3) is 5.91 Å². The summed E-state index contributed by atoms with van der Waals surface area (Å²) >= 11 is 0. The van der Waals surface area contributed by atoms with Crippen molar-refractivity contribution >= 4 is 17.7 Å². The van der Waals surface area contributed by atoms with E-state index in [-0.39, 0.29) is 23.8 Å². The van der Waals surface area contributed by atoms with Gasteiger partial charge in [0.05, 0.1) is 6.54 Å². The number of aryl methyl sites for hydroxylation is 1. The molecule has 2 atom stereocenters. The van der Waals surface area contributed by atoms with Crippen LogP contribution in [0.5, 0.6) is 0 Å². The molecule has 1 aromatic rings. The summed E-state index contributed by atoms with van der Waals surface area (Å²) in [5.41, 5.74) is 1.73. The summed E-state index contributed by atoms with van der Waals surface area (Å²) in [5.74, 6) is -0.0171. The molecule has 0 saturated carbocycles. The molecule has 0 aromatic heterocycles. The van der Waals surface area contributed by atoms with Crippen molar-refractivity contribution in [3.05, 3.63) is 35.4 Å². The Morgan fingerprint density at radius 1 is 0.958 bits per heavy atom. The van der Waals surface area contributed by atoms with E-state index in [1.807, 2.05) is 31.2 Å². The Morgan fingerprint density at radius 3 is 2.38 bits per heavy atom. The Hall–Kier alpha value is -2.37. The van der Waals surface area contributed by atoms with Crippen LogP contribution >= 0.6 is 0 Å². The third kappa shape index (κ3) is 2.28. The maximum atomic E-state index is 12.7. The summed E-state index contributed by atoms with van der Waals surface area (Å²) in [4.78, 5) is 43.1. The van der Waals surface area contributed by atoms with E-state index < -0.39 is 6.04 Å². The minimum atomic E-state index is -0.519. The molecule has 3 saturated heterocycles. The van der Waals surface area contributed by atoms with Crippen LogP contribution in [0.1, 0.15) is 28.8 Å². The van der Waals surface area contributed by atoms with E-state index in [9.17, 15) is 14.4 Å². The van der Waals surface area contributed by atoms with E-state index >= 15 is 0 Å². The normalized spacial score (nSPS) is 26.5. The van der Waals surface area contributed by atoms with Crippen LogP contribution in [0.3, 0.4) is 0 Å². The first-order valence-corrected chi connectivity index (χ1v) is 8.53. The number of carbonyl (C=O) groups excluding carboxylic acids is 3. The van der Waals surface area contributed by atoms with E-state index in [1.54, 1.807) is 14.7 Å². The predicted molar refractivity (Wildman–Crippen MR) is 87.3 cm³/mol. The molecule has 24 heavy (non-hydrogen) atoms. The molecular weight excluding hydrogens is 306 g/mol. The second-order valence-electron chi connectivity index (χ2n) is 6.85. The number of hydrogen-bond donors (Lipinski definition) is 0. The minimum Gasteiger partial charge on any atom is -0.334 e. The molecule has 1 aromatic carbocycles. The fourth-order valence-corrected chi connectivity index (χ4v) is 3.99. The van der Waals surface area contributed by atoms with Gasteiger partial charge in [0.2, 0.25) is 11.8 Å². The second kappa shape index (κ2) is 5.61. The molecule has 6 nitrogen and oxygen atoms in total. The van der Waals surface area contributed by atoms with Crippen LogP contribution in [0, 0.1) is 6.92 Å². The second-order valence-corrected chi connectivity index (χ2v) is 6.85. The number of piperazine rings is 2. The highest BCUT2D eigenvalue weighted by atomic mass is 16.2. The quantitative estimate of drug-likeness (QED) is 0.761. The summed E-state index contributed by atoms with van der Waals surface area (Å²) in [6, 6.07) is 6.66. The Bertz CT molecular complexity index is 700. The van der Waals surface area contributed by atoms with Gasteiger partial charge < -0.3 is 14.7 Å². The highest BCUT2D eigenvalue weighted by Gasteiger charge is 2.49. The molecule has 3 aliphatic heterocycles. The van der Waals surface area contributed by atoms with E-state index in [2.05, 4.69) is 0 Å². The topological polar surface area (TPSA) is 60.9 Å². The highest BCUT2D eigenvalue weighted by Crippen LogP contribution is 2.29. The van der Waals surface area contributed by atoms with Crippen LogP contribution in [-0.2, 0) is 9.59 Å². The van der Waals surface area contributed by atoms with Gasteiger partial charge in [0.15, 0.2) is 0 Å². The standard InChI is InChI=1S/C18H21N3O3/c1-12-4-6-13(7-5-12)16(22)19-9-10-21-15(11-19)18(24)20-8-2-3-14(20)17(21)23/h4-7,14-15H,2-3,8-11H2,1H3/t14-,15+/m0/s1. The number of nitrogens with zero attached hydrogens (tertiary/aromatic N) is 3. The maximum Gasteiger partial charge on any atom is 0.253 e. The van der Waals surface area contributed by atoms with Gasteiger partial charge in [-0.25, -0.2) is 0 Å². The van der Waals surface area contributed by atoms with Gasteiger partial charge in [-0.3, -0.25) is 14.4 Å². The van der Waals surface area contributed by atoms with Crippen molar-refractivity contribution < 1.29 is 14.4 Å². The molecule has 0 spiro atoms. The van der Waals surface area contributed by atoms with Crippen molar-refractivity contribution in [2.45, 2.75) is 31.8 Å². The fourth-order valence-electron chi connectivity index (χ4n) is 3.99. The number of carbonyl (C=O) groups is 3. The summed E-state index contributed by atoms with van der Waals surface area (Å²) < 4.78 is 0. The summed E-state index contributed by atoms with van der Waals surface area (Å²) in [6.45, 7) is 3.85. The molecule has 3 aliphatic rings. The smallest absolute Gasteiger partial charge is 0.253 e. The van der Waals surface area contributed by atoms with Gasteiger partial charge in [-0.05, 0) is 31.9 Å². The monoisotopic (exact) mass is 327 g/mol. The highest BCUT2D eigenvalue weighted by molar-refractivity contribution is 5.99. The zero-order valence-electron chi connectivity index (χ0n) is 13.8. The zero-order chi connectivity index (χ0) is 16.8. The van der Waals surface area contributed by atoms with E-state index in [0.29, 0.717) is 31.7 Å². The van der Waals surface area contributed by atoms with Crippen LogP contribution in [0.15, 0.2) is 24.3 Å². The van der Waals surface area contributed by atoms with Gasteiger partial charge >= 0.3 is 0 Å². The van der Waals surface area contributed by atoms with Crippen LogP contribution < -0.4 is 0 Å². The fraction of sp³-hybridized carbons (Fsp3) is 0.500. The van der Waals surface area contributed by atoms with Crippen LogP contribution in [0.4, 0.5) is 0 Å². The lowest BCUT2D eigenvalue weighted by molar-refractivity contribution is -0.162. The molecule has 0 bridgehead atoms. The van der Waals surface area contributed by atoms with Gasteiger partial charge in [-0.15, -0.1) is 0 Å². The molecule has 0 unspecified atom stereocenters. The van der Waals surface area contributed by atoms with E-state index in [4.69, 9.17) is 0 Å². The third-order valence-corrected chi connectivity index (χ3v) is 5.36. The van der Waals surface area contributed by atoms with Gasteiger partial charge in [-0.1, -0.05) is 17.7 Å². The maximum absolute atomic E-state index is 12.7. The molecular formula is C18H21N3O3. The summed E-state index contributed by atoms with van der Waals surface area (Å²) in [6.07, 6.45) is 1.65. The van der Waals surface area contributed by atoms with E-state index in [1.165, 1.54) is 0 Å². The predicted octanol–water partition coefficient (Wildman–Crippen LogP) is 0.653. The molecule has 0 aliphatic carbocycles. The lowest BCUT2D eigenvalue weighted by Crippen LogP contribution is -2.69. The van der Waals surface area contributed by atoms with E-state index in [0.717, 1.165) is 18.4 Å². The Morgan fingerprint density at radius 2 is 1.62 bits per heavy atom. The molecule has 3 amide bonds. The molecule has 6 heteroatoms. The third-order valence-electron chi connectivity index (χ3n) is 5.36. The van der Waals surface area contributed by atoms with Gasteiger partial charge in [0.1, 0.15) is 12.1 Å². The van der Waals surface area contributed by atoms with Crippen molar-refractivity contribution in [2.75, 3.05) is 26.2 Å². The van der Waals surface area contributed by atoms with Gasteiger partial charge in [0, 0.05) is 25.2 Å². The molecule has 3 heterocycles. The van der Waals surface area contributed by atoms with Crippen LogP contribution in [-0.4, -0.2) is 70.7 Å². The first-order valence-electron chi connectivity index (χ1n) is 8.53. The lowest BCUT2D eigenvalue weighted by atomic mass is 10.0. The Kier molecular flexibility index (Phi) is 3.55. The van der Waals surface area contributed by atoms with Crippen molar-refractivity contribution in [3.8, 4) is 0 Å². The molecule has 3 fully saturated rings. The van der Waals surface area contributed by atoms with Crippen molar-refractivity contribution in [1.82, 2.24) is 14.7 Å². The number of fused-ring (bicyclic) bond motifs is 2. The minimum absolute atomic E-state index is 0.00138. The molecule has 126 valence electrons. The number of benzene rings is 1. The zero-order valence-corrected chi connectivity index (χ0v) is 13.8. The largest absolute Gasteiger partial charge is 0.334 e. The summed E-state index contributed by atoms with van der Waals surface area (Å²) in [5, 5.41) is 0. The van der Waals surface area contributed by atoms with Crippen LogP contribution in [0.2, 0.25) is 0 Å². The van der Waals surface area contributed by atoms with Crippen molar-refractivity contribution in [3.63, 3.8) is 0 Å². The molecule has 0 N–H and O–H groups in total. The first-order chi connectivity index (χ1) is 11.6. The average molecular weight is 327 g/mol. The van der Waals surface area contributed by atoms with Crippen LogP contribution in [0.25, 0.3) is 0 Å². The number of hydrogen-bond acceptors (Lipinski definition) is 3. The lowest BCUT2D eigenvalue weighted by Gasteiger charge is -2.47. The molecule has 0 radical (unpaired) electrons. The average Bonchev–Trinajstić information content (AvgIpc) is 3.09. The first kappa shape index (κ1) is 15.2.